The normalized spacial score (nSPS) is 24.0. The van der Waals surface area contributed by atoms with Crippen LogP contribution >= 0.6 is 0 Å². The van der Waals surface area contributed by atoms with Gasteiger partial charge in [0, 0.05) is 24.2 Å². The highest BCUT2D eigenvalue weighted by molar-refractivity contribution is 5.79. The van der Waals surface area contributed by atoms with Crippen molar-refractivity contribution in [1.29, 1.82) is 0 Å². The summed E-state index contributed by atoms with van der Waals surface area (Å²) in [6.07, 6.45) is 1.97. The number of carbonyl (C=O) groups is 1. The van der Waals surface area contributed by atoms with Crippen molar-refractivity contribution in [2.45, 2.75) is 38.3 Å². The van der Waals surface area contributed by atoms with E-state index < -0.39 is 0 Å². The Bertz CT molecular complexity index is 434. The van der Waals surface area contributed by atoms with E-state index in [1.165, 1.54) is 0 Å². The molecule has 1 aliphatic rings. The molecule has 1 aliphatic heterocycles. The van der Waals surface area contributed by atoms with Gasteiger partial charge < -0.3 is 15.7 Å². The van der Waals surface area contributed by atoms with Gasteiger partial charge in [-0.05, 0) is 25.8 Å². The molecule has 4 nitrogen and oxygen atoms in total. The number of amides is 1. The van der Waals surface area contributed by atoms with E-state index in [0.717, 1.165) is 19.4 Å². The first kappa shape index (κ1) is 12.9. The van der Waals surface area contributed by atoms with Gasteiger partial charge in [0.1, 0.15) is 5.75 Å². The molecule has 1 aromatic carbocycles. The smallest absolute Gasteiger partial charge is 0.227 e. The molecular formula is C14H20N2O2. The topological polar surface area (TPSA) is 66.6 Å². The van der Waals surface area contributed by atoms with Gasteiger partial charge in [-0.15, -0.1) is 0 Å². The Morgan fingerprint density at radius 3 is 2.89 bits per heavy atom. The maximum absolute atomic E-state index is 12.2. The Hall–Kier alpha value is -1.55. The Labute approximate surface area is 107 Å². The highest BCUT2D eigenvalue weighted by atomic mass is 16.3. The SMILES string of the molecule is CC1CC(N)CCN1C(=O)Cc1ccccc1O. The molecule has 2 rings (SSSR count). The summed E-state index contributed by atoms with van der Waals surface area (Å²) in [6, 6.07) is 7.37. The highest BCUT2D eigenvalue weighted by Crippen LogP contribution is 2.20. The maximum Gasteiger partial charge on any atom is 0.227 e. The number of phenolic OH excluding ortho intramolecular Hbond substituents is 1. The molecule has 18 heavy (non-hydrogen) atoms. The predicted molar refractivity (Wildman–Crippen MR) is 70.2 cm³/mol. The first-order valence-electron chi connectivity index (χ1n) is 6.40. The van der Waals surface area contributed by atoms with E-state index in [2.05, 4.69) is 0 Å². The lowest BCUT2D eigenvalue weighted by atomic mass is 9.98. The lowest BCUT2D eigenvalue weighted by Gasteiger charge is -2.36. The van der Waals surface area contributed by atoms with Gasteiger partial charge in [0.25, 0.3) is 0 Å². The summed E-state index contributed by atoms with van der Waals surface area (Å²) in [6.45, 7) is 2.75. The molecule has 3 N–H and O–H groups in total. The van der Waals surface area contributed by atoms with Crippen molar-refractivity contribution < 1.29 is 9.90 Å². The molecule has 1 fully saturated rings. The van der Waals surface area contributed by atoms with Crippen LogP contribution in [0.5, 0.6) is 5.75 Å². The van der Waals surface area contributed by atoms with Crippen LogP contribution in [0.3, 0.4) is 0 Å². The number of rotatable bonds is 2. The van der Waals surface area contributed by atoms with Crippen molar-refractivity contribution in [3.05, 3.63) is 29.8 Å². The minimum absolute atomic E-state index is 0.0656. The average Bonchev–Trinajstić information content (AvgIpc) is 2.32. The van der Waals surface area contributed by atoms with Gasteiger partial charge >= 0.3 is 0 Å². The average molecular weight is 248 g/mol. The van der Waals surface area contributed by atoms with Gasteiger partial charge in [-0.1, -0.05) is 18.2 Å². The molecule has 1 aromatic rings. The highest BCUT2D eigenvalue weighted by Gasteiger charge is 2.27. The molecular weight excluding hydrogens is 228 g/mol. The second-order valence-electron chi connectivity index (χ2n) is 5.03. The van der Waals surface area contributed by atoms with E-state index in [1.54, 1.807) is 18.2 Å². The fraction of sp³-hybridized carbons (Fsp3) is 0.500. The Morgan fingerprint density at radius 2 is 2.22 bits per heavy atom. The minimum Gasteiger partial charge on any atom is -0.508 e. The Morgan fingerprint density at radius 1 is 1.50 bits per heavy atom. The standard InChI is InChI=1S/C14H20N2O2/c1-10-8-12(15)6-7-16(10)14(18)9-11-4-2-3-5-13(11)17/h2-5,10,12,17H,6-9,15H2,1H3. The number of nitrogens with two attached hydrogens (primary N) is 1. The number of para-hydroxylation sites is 1. The first-order chi connectivity index (χ1) is 8.58. The quantitative estimate of drug-likeness (QED) is 0.828. The number of hydrogen-bond donors (Lipinski definition) is 2. The fourth-order valence-electron chi connectivity index (χ4n) is 2.50. The lowest BCUT2D eigenvalue weighted by molar-refractivity contribution is -0.133. The molecule has 0 radical (unpaired) electrons. The van der Waals surface area contributed by atoms with Crippen molar-refractivity contribution in [1.82, 2.24) is 4.90 Å². The van der Waals surface area contributed by atoms with E-state index >= 15 is 0 Å². The third-order valence-corrected chi connectivity index (χ3v) is 3.57. The molecule has 0 aliphatic carbocycles. The van der Waals surface area contributed by atoms with Crippen LogP contribution in [0.15, 0.2) is 24.3 Å². The van der Waals surface area contributed by atoms with Gasteiger partial charge in [-0.3, -0.25) is 4.79 Å². The largest absolute Gasteiger partial charge is 0.508 e. The first-order valence-corrected chi connectivity index (χ1v) is 6.40. The van der Waals surface area contributed by atoms with Crippen LogP contribution in [0.4, 0.5) is 0 Å². The fourth-order valence-corrected chi connectivity index (χ4v) is 2.50. The van der Waals surface area contributed by atoms with Gasteiger partial charge in [0.05, 0.1) is 6.42 Å². The van der Waals surface area contributed by atoms with Crippen molar-refractivity contribution in [2.24, 2.45) is 5.73 Å². The van der Waals surface area contributed by atoms with Gasteiger partial charge in [0.2, 0.25) is 5.91 Å². The molecule has 4 heteroatoms. The number of benzene rings is 1. The van der Waals surface area contributed by atoms with Crippen LogP contribution < -0.4 is 5.73 Å². The molecule has 2 unspecified atom stereocenters. The Kier molecular flexibility index (Phi) is 3.87. The molecule has 0 saturated carbocycles. The second kappa shape index (κ2) is 5.40. The number of phenols is 1. The number of carbonyl (C=O) groups excluding carboxylic acids is 1. The van der Waals surface area contributed by atoms with Gasteiger partial charge in [-0.25, -0.2) is 0 Å². The summed E-state index contributed by atoms with van der Waals surface area (Å²) < 4.78 is 0. The Balaban J connectivity index is 2.02. The number of likely N-dealkylation sites (tertiary alicyclic amines) is 1. The third-order valence-electron chi connectivity index (χ3n) is 3.57. The molecule has 98 valence electrons. The number of aromatic hydroxyl groups is 1. The van der Waals surface area contributed by atoms with Crippen LogP contribution in [-0.4, -0.2) is 34.5 Å². The van der Waals surface area contributed by atoms with Crippen LogP contribution in [0.25, 0.3) is 0 Å². The van der Waals surface area contributed by atoms with Crippen molar-refractivity contribution >= 4 is 5.91 Å². The zero-order valence-electron chi connectivity index (χ0n) is 10.7. The molecule has 1 saturated heterocycles. The molecule has 1 heterocycles. The molecule has 0 bridgehead atoms. The van der Waals surface area contributed by atoms with Gasteiger partial charge in [-0.2, -0.15) is 0 Å². The van der Waals surface area contributed by atoms with E-state index in [-0.39, 0.29) is 30.2 Å². The second-order valence-corrected chi connectivity index (χ2v) is 5.03. The maximum atomic E-state index is 12.2. The van der Waals surface area contributed by atoms with Crippen molar-refractivity contribution in [3.8, 4) is 5.75 Å². The zero-order chi connectivity index (χ0) is 13.1. The van der Waals surface area contributed by atoms with E-state index in [9.17, 15) is 9.90 Å². The van der Waals surface area contributed by atoms with E-state index in [4.69, 9.17) is 5.73 Å². The zero-order valence-corrected chi connectivity index (χ0v) is 10.7. The summed E-state index contributed by atoms with van der Waals surface area (Å²) in [7, 11) is 0. The monoisotopic (exact) mass is 248 g/mol. The molecule has 0 aromatic heterocycles. The van der Waals surface area contributed by atoms with Crippen LogP contribution in [0, 0.1) is 0 Å². The van der Waals surface area contributed by atoms with Gasteiger partial charge in [0.15, 0.2) is 0 Å². The van der Waals surface area contributed by atoms with Crippen LogP contribution in [0.2, 0.25) is 0 Å². The number of nitrogens with zero attached hydrogens (tertiary/aromatic N) is 1. The summed E-state index contributed by atoms with van der Waals surface area (Å²) in [4.78, 5) is 14.1. The molecule has 1 amide bonds. The summed E-state index contributed by atoms with van der Waals surface area (Å²) in [5, 5.41) is 9.67. The summed E-state index contributed by atoms with van der Waals surface area (Å²) in [5.74, 6) is 0.253. The molecule has 0 spiro atoms. The number of hydrogen-bond acceptors (Lipinski definition) is 3. The van der Waals surface area contributed by atoms with Crippen molar-refractivity contribution in [2.75, 3.05) is 6.54 Å². The van der Waals surface area contributed by atoms with Crippen molar-refractivity contribution in [3.63, 3.8) is 0 Å². The van der Waals surface area contributed by atoms with E-state index in [0.29, 0.717) is 5.56 Å². The summed E-state index contributed by atoms with van der Waals surface area (Å²) in [5.41, 5.74) is 6.57. The van der Waals surface area contributed by atoms with Crippen LogP contribution in [0.1, 0.15) is 25.3 Å². The predicted octanol–water partition coefficient (Wildman–Crippen LogP) is 1.27. The molecule has 2 atom stereocenters. The summed E-state index contributed by atoms with van der Waals surface area (Å²) >= 11 is 0. The van der Waals surface area contributed by atoms with Crippen LogP contribution in [-0.2, 0) is 11.2 Å². The number of piperidine rings is 1. The third kappa shape index (κ3) is 2.82. The van der Waals surface area contributed by atoms with E-state index in [1.807, 2.05) is 17.9 Å². The lowest BCUT2D eigenvalue weighted by Crippen LogP contribution is -2.48. The minimum atomic E-state index is 0.0656.